The minimum atomic E-state index is -0.913. The number of fused-ring (bicyclic) bond motifs is 1. The molecular formula is C46H46N8O8. The summed E-state index contributed by atoms with van der Waals surface area (Å²) in [5, 5.41) is 7.31. The Morgan fingerprint density at radius 1 is 0.758 bits per heavy atom. The summed E-state index contributed by atoms with van der Waals surface area (Å²) in [4.78, 5) is 70.8. The van der Waals surface area contributed by atoms with E-state index in [1.807, 2.05) is 36.4 Å². The van der Waals surface area contributed by atoms with Gasteiger partial charge in [-0.1, -0.05) is 78.9 Å². The molecule has 0 aliphatic carbocycles. The first kappa shape index (κ1) is 40.4. The van der Waals surface area contributed by atoms with E-state index >= 15 is 0 Å². The predicted molar refractivity (Wildman–Crippen MR) is 227 cm³/mol. The Morgan fingerprint density at radius 3 is 2.06 bits per heavy atom. The highest BCUT2D eigenvalue weighted by Gasteiger charge is 2.51. The molecule has 318 valence electrons. The molecule has 62 heavy (non-hydrogen) atoms. The van der Waals surface area contributed by atoms with Gasteiger partial charge in [0.1, 0.15) is 24.2 Å². The van der Waals surface area contributed by atoms with E-state index in [2.05, 4.69) is 84.9 Å². The monoisotopic (exact) mass is 838 g/mol. The van der Waals surface area contributed by atoms with Gasteiger partial charge in [-0.15, -0.1) is 0 Å². The number of H-pyrrole nitrogens is 2. The summed E-state index contributed by atoms with van der Waals surface area (Å²) in [6.45, 7) is 1.43. The number of carbonyl (C=O) groups excluding carboxylic acids is 4. The van der Waals surface area contributed by atoms with Crippen molar-refractivity contribution >= 4 is 34.8 Å². The molecule has 0 bridgehead atoms. The molecule has 3 fully saturated rings. The van der Waals surface area contributed by atoms with Crippen LogP contribution in [0, 0.1) is 0 Å². The van der Waals surface area contributed by atoms with Crippen molar-refractivity contribution in [2.45, 2.75) is 43.2 Å². The number of benzene rings is 4. The molecule has 4 N–H and O–H groups in total. The zero-order chi connectivity index (χ0) is 42.8. The molecule has 6 aromatic rings. The van der Waals surface area contributed by atoms with E-state index in [4.69, 9.17) is 19.2 Å². The largest absolute Gasteiger partial charge is 0.453 e. The van der Waals surface area contributed by atoms with Gasteiger partial charge in [-0.25, -0.2) is 19.6 Å². The van der Waals surface area contributed by atoms with Gasteiger partial charge in [-0.3, -0.25) is 9.59 Å². The quantitative estimate of drug-likeness (QED) is 0.120. The van der Waals surface area contributed by atoms with Crippen LogP contribution in [0.1, 0.15) is 54.6 Å². The van der Waals surface area contributed by atoms with Gasteiger partial charge in [-0.05, 0) is 58.0 Å². The number of aromatic amines is 2. The first-order valence-corrected chi connectivity index (χ1v) is 20.5. The number of methoxy groups -OCH3 is 2. The molecule has 0 unspecified atom stereocenters. The van der Waals surface area contributed by atoms with Crippen LogP contribution >= 0.6 is 0 Å². The Morgan fingerprint density at radius 2 is 1.37 bits per heavy atom. The van der Waals surface area contributed by atoms with Crippen molar-refractivity contribution < 1.29 is 38.1 Å². The topological polar surface area (TPSA) is 193 Å². The molecule has 9 rings (SSSR count). The van der Waals surface area contributed by atoms with Crippen LogP contribution in [0.15, 0.2) is 103 Å². The van der Waals surface area contributed by atoms with Crippen LogP contribution in [-0.4, -0.2) is 107 Å². The van der Waals surface area contributed by atoms with Gasteiger partial charge in [0.05, 0.1) is 69.8 Å². The lowest BCUT2D eigenvalue weighted by Crippen LogP contribution is -2.42. The summed E-state index contributed by atoms with van der Waals surface area (Å²) in [5.41, 5.74) is 6.35. The van der Waals surface area contributed by atoms with Crippen molar-refractivity contribution in [3.63, 3.8) is 0 Å². The molecule has 4 aromatic carbocycles. The molecule has 16 nitrogen and oxygen atoms in total. The van der Waals surface area contributed by atoms with Crippen LogP contribution in [0.2, 0.25) is 0 Å². The Hall–Kier alpha value is -7.04. The van der Waals surface area contributed by atoms with Crippen molar-refractivity contribution in [1.29, 1.82) is 0 Å². The molecule has 3 saturated heterocycles. The third-order valence-corrected chi connectivity index (χ3v) is 11.9. The summed E-state index contributed by atoms with van der Waals surface area (Å²) >= 11 is 0. The van der Waals surface area contributed by atoms with E-state index in [9.17, 15) is 19.2 Å². The maximum absolute atomic E-state index is 13.9. The number of alkyl carbamates (subject to hydrolysis) is 2. The van der Waals surface area contributed by atoms with Gasteiger partial charge in [0, 0.05) is 18.5 Å². The van der Waals surface area contributed by atoms with Crippen LogP contribution in [0.3, 0.4) is 0 Å². The molecule has 1 spiro atoms. The molecule has 3 atom stereocenters. The smallest absolute Gasteiger partial charge is 0.407 e. The second kappa shape index (κ2) is 17.1. The van der Waals surface area contributed by atoms with Crippen molar-refractivity contribution in [3.05, 3.63) is 121 Å². The van der Waals surface area contributed by atoms with E-state index in [1.54, 1.807) is 22.2 Å². The Kier molecular flexibility index (Phi) is 11.2. The van der Waals surface area contributed by atoms with Crippen LogP contribution in [-0.2, 0) is 28.5 Å². The number of nitrogens with one attached hydrogen (secondary N) is 4. The average Bonchev–Trinajstić information content (AvgIpc) is 4.18. The summed E-state index contributed by atoms with van der Waals surface area (Å²) in [5.74, 6) is -0.129. The first-order chi connectivity index (χ1) is 30.2. The van der Waals surface area contributed by atoms with Gasteiger partial charge in [0.15, 0.2) is 5.79 Å². The summed E-state index contributed by atoms with van der Waals surface area (Å²) in [7, 11) is 2.53. The zero-order valence-electron chi connectivity index (χ0n) is 34.3. The number of likely N-dealkylation sites (tertiary alicyclic amines) is 2. The number of hydrogen-bond acceptors (Lipinski definition) is 10. The fourth-order valence-electron chi connectivity index (χ4n) is 8.70. The fourth-order valence-corrected chi connectivity index (χ4v) is 8.70. The summed E-state index contributed by atoms with van der Waals surface area (Å²) < 4.78 is 21.4. The molecular weight excluding hydrogens is 793 g/mol. The van der Waals surface area contributed by atoms with Crippen molar-refractivity contribution in [3.8, 4) is 33.6 Å². The maximum atomic E-state index is 13.9. The number of carbonyl (C=O) groups is 4. The number of rotatable bonds is 10. The SMILES string of the molecule is COC(=O)NCC(=O)N1CC2(C[C@H]1c1ncc(-c3ccc4cc(-c5ccc(-c6cnc([C@@H]7CCCN7C(=O)[C@H](NC(=O)OC)c7ccccc7)[nH]6)cc5)ccc4c3)[nH]1)OCCO2. The molecule has 5 heterocycles. The molecule has 3 aliphatic rings. The molecule has 3 aliphatic heterocycles. The molecule has 4 amide bonds. The van der Waals surface area contributed by atoms with Crippen LogP contribution in [0.5, 0.6) is 0 Å². The highest BCUT2D eigenvalue weighted by Crippen LogP contribution is 2.42. The normalized spacial score (nSPS) is 18.5. The summed E-state index contributed by atoms with van der Waals surface area (Å²) in [6.07, 6.45) is 4.17. The lowest BCUT2D eigenvalue weighted by atomic mass is 9.98. The lowest BCUT2D eigenvalue weighted by molar-refractivity contribution is -0.152. The van der Waals surface area contributed by atoms with Crippen molar-refractivity contribution in [2.75, 3.05) is 47.1 Å². The minimum absolute atomic E-state index is 0.216. The minimum Gasteiger partial charge on any atom is -0.453 e. The average molecular weight is 839 g/mol. The molecule has 0 saturated carbocycles. The Balaban J connectivity index is 0.880. The number of aromatic nitrogens is 4. The van der Waals surface area contributed by atoms with Crippen molar-refractivity contribution in [2.24, 2.45) is 0 Å². The molecule has 2 aromatic heterocycles. The second-order valence-electron chi connectivity index (χ2n) is 15.6. The van der Waals surface area contributed by atoms with Gasteiger partial charge >= 0.3 is 12.2 Å². The van der Waals surface area contributed by atoms with Gasteiger partial charge in [0.25, 0.3) is 5.91 Å². The van der Waals surface area contributed by atoms with E-state index in [0.29, 0.717) is 43.4 Å². The first-order valence-electron chi connectivity index (χ1n) is 20.5. The number of imidazole rings is 2. The highest BCUT2D eigenvalue weighted by molar-refractivity contribution is 5.91. The second-order valence-corrected chi connectivity index (χ2v) is 15.6. The molecule has 16 heteroatoms. The standard InChI is InChI=1S/C46H46N8O8/c1-59-44(57)49-26-39(55)54-27-46(61-19-20-62-46)23-38(54)42-48-25-36(51-42)34-17-16-32-21-31(14-15-33(32)22-34)28-10-12-29(13-11-28)35-24-47-41(50-35)37-9-6-18-53(37)43(56)40(52-45(58)60-2)30-7-4-3-5-8-30/h3-5,7-8,10-17,21-22,24-25,37-38,40H,6,9,18-20,23,26-27H2,1-2H3,(H,47,50)(H,48,51)(H,49,57)(H,52,58)/t37-,38-,40+/m0/s1. The third-order valence-electron chi connectivity index (χ3n) is 11.9. The lowest BCUT2D eigenvalue weighted by Gasteiger charge is -2.28. The van der Waals surface area contributed by atoms with Crippen LogP contribution in [0.4, 0.5) is 9.59 Å². The zero-order valence-corrected chi connectivity index (χ0v) is 34.3. The third kappa shape index (κ3) is 8.09. The number of amides is 4. The van der Waals surface area contributed by atoms with Crippen LogP contribution in [0.25, 0.3) is 44.4 Å². The van der Waals surface area contributed by atoms with E-state index < -0.39 is 30.1 Å². The number of hydrogen-bond donors (Lipinski definition) is 4. The van der Waals surface area contributed by atoms with Gasteiger partial charge < -0.3 is 49.3 Å². The van der Waals surface area contributed by atoms with E-state index in [-0.39, 0.29) is 30.9 Å². The van der Waals surface area contributed by atoms with E-state index in [0.717, 1.165) is 57.3 Å². The van der Waals surface area contributed by atoms with Crippen LogP contribution < -0.4 is 10.6 Å². The Labute approximate surface area is 356 Å². The van der Waals surface area contributed by atoms with Crippen molar-refractivity contribution in [1.82, 2.24) is 40.4 Å². The fraction of sp³-hybridized carbons (Fsp3) is 0.304. The predicted octanol–water partition coefficient (Wildman–Crippen LogP) is 6.42. The van der Waals surface area contributed by atoms with Gasteiger partial charge in [-0.2, -0.15) is 0 Å². The Bertz CT molecular complexity index is 2600. The van der Waals surface area contributed by atoms with Gasteiger partial charge in [0.2, 0.25) is 5.91 Å². The summed E-state index contributed by atoms with van der Waals surface area (Å²) in [6, 6.07) is 28.4. The highest BCUT2D eigenvalue weighted by atomic mass is 16.7. The number of nitrogens with zero attached hydrogens (tertiary/aromatic N) is 4. The molecule has 0 radical (unpaired) electrons. The number of ether oxygens (including phenoxy) is 4. The van der Waals surface area contributed by atoms with E-state index in [1.165, 1.54) is 14.2 Å². The maximum Gasteiger partial charge on any atom is 0.407 e.